The average Bonchev–Trinajstić information content (AvgIpc) is 2.60. The zero-order chi connectivity index (χ0) is 11.0. The van der Waals surface area contributed by atoms with Crippen molar-refractivity contribution in [3.05, 3.63) is 15.6 Å². The predicted octanol–water partition coefficient (Wildman–Crippen LogP) is 3.11. The summed E-state index contributed by atoms with van der Waals surface area (Å²) in [4.78, 5) is 6.25. The quantitative estimate of drug-likeness (QED) is 0.835. The molecule has 3 heteroatoms. The molecule has 0 radical (unpaired) electrons. The van der Waals surface area contributed by atoms with E-state index in [0.29, 0.717) is 17.9 Å². The lowest BCUT2D eigenvalue weighted by molar-refractivity contribution is 0.399. The molecule has 1 aliphatic rings. The summed E-state index contributed by atoms with van der Waals surface area (Å²) in [5, 5.41) is 4.90. The monoisotopic (exact) mass is 224 g/mol. The van der Waals surface area contributed by atoms with Crippen LogP contribution < -0.4 is 5.32 Å². The van der Waals surface area contributed by atoms with Crippen LogP contribution in [0.15, 0.2) is 0 Å². The van der Waals surface area contributed by atoms with Crippen molar-refractivity contribution in [3.8, 4) is 0 Å². The summed E-state index contributed by atoms with van der Waals surface area (Å²) in [6.45, 7) is 10.1. The summed E-state index contributed by atoms with van der Waals surface area (Å²) >= 11 is 1.91. The molecule has 1 N–H and O–H groups in total. The number of rotatable bonds is 2. The van der Waals surface area contributed by atoms with Crippen LogP contribution >= 0.6 is 11.3 Å². The van der Waals surface area contributed by atoms with E-state index in [9.17, 15) is 0 Å². The van der Waals surface area contributed by atoms with E-state index < -0.39 is 0 Å². The first-order chi connectivity index (χ1) is 7.09. The lowest BCUT2D eigenvalue weighted by atomic mass is 9.97. The molecule has 1 atom stereocenters. The summed E-state index contributed by atoms with van der Waals surface area (Å²) in [5.41, 5.74) is 1.35. The van der Waals surface area contributed by atoms with Crippen LogP contribution in [0.3, 0.4) is 0 Å². The van der Waals surface area contributed by atoms with Gasteiger partial charge in [0.2, 0.25) is 0 Å². The second-order valence-electron chi connectivity index (χ2n) is 4.94. The number of thiazole rings is 1. The number of fused-ring (bicyclic) bond motifs is 1. The summed E-state index contributed by atoms with van der Waals surface area (Å²) in [5.74, 6) is 1.22. The molecule has 0 saturated heterocycles. The molecule has 1 aromatic rings. The van der Waals surface area contributed by atoms with Crippen molar-refractivity contribution in [3.63, 3.8) is 0 Å². The van der Waals surface area contributed by atoms with Gasteiger partial charge in [0.05, 0.1) is 10.7 Å². The third kappa shape index (κ3) is 2.08. The number of hydrogen-bond acceptors (Lipinski definition) is 3. The molecule has 0 bridgehead atoms. The Bertz CT molecular complexity index is 341. The summed E-state index contributed by atoms with van der Waals surface area (Å²) in [6, 6.07) is 0.527. The molecule has 15 heavy (non-hydrogen) atoms. The van der Waals surface area contributed by atoms with Gasteiger partial charge in [-0.15, -0.1) is 11.3 Å². The van der Waals surface area contributed by atoms with E-state index in [1.165, 1.54) is 15.6 Å². The Hall–Kier alpha value is -0.410. The van der Waals surface area contributed by atoms with Gasteiger partial charge in [-0.2, -0.15) is 0 Å². The third-order valence-electron chi connectivity index (χ3n) is 2.91. The zero-order valence-electron chi connectivity index (χ0n) is 10.0. The standard InChI is InChI=1S/C12H20N2S/c1-7(2)10-11-9(5-6-13-10)14-12(15-11)8(3)4/h7-8,10,13H,5-6H2,1-4H3/t10-/m0/s1. The van der Waals surface area contributed by atoms with Gasteiger partial charge in [0, 0.05) is 29.8 Å². The SMILES string of the molecule is CC(C)c1nc2c(s1)[C@H](C(C)C)NCC2. The fraction of sp³-hybridized carbons (Fsp3) is 0.750. The summed E-state index contributed by atoms with van der Waals surface area (Å²) in [6.07, 6.45) is 1.10. The first-order valence-corrected chi connectivity index (χ1v) is 6.64. The van der Waals surface area contributed by atoms with Gasteiger partial charge in [-0.25, -0.2) is 4.98 Å². The van der Waals surface area contributed by atoms with Gasteiger partial charge in [-0.3, -0.25) is 0 Å². The average molecular weight is 224 g/mol. The molecule has 0 fully saturated rings. The van der Waals surface area contributed by atoms with Crippen molar-refractivity contribution in [2.75, 3.05) is 6.54 Å². The van der Waals surface area contributed by atoms with Crippen molar-refractivity contribution in [2.45, 2.75) is 46.1 Å². The highest BCUT2D eigenvalue weighted by atomic mass is 32.1. The van der Waals surface area contributed by atoms with Crippen LogP contribution in [0.2, 0.25) is 0 Å². The van der Waals surface area contributed by atoms with Gasteiger partial charge in [0.25, 0.3) is 0 Å². The highest BCUT2D eigenvalue weighted by Gasteiger charge is 2.26. The van der Waals surface area contributed by atoms with Gasteiger partial charge >= 0.3 is 0 Å². The van der Waals surface area contributed by atoms with Gasteiger partial charge in [-0.1, -0.05) is 27.7 Å². The van der Waals surface area contributed by atoms with Crippen molar-refractivity contribution >= 4 is 11.3 Å². The predicted molar refractivity (Wildman–Crippen MR) is 65.5 cm³/mol. The first-order valence-electron chi connectivity index (χ1n) is 5.82. The Kier molecular flexibility index (Phi) is 3.12. The maximum Gasteiger partial charge on any atom is 0.0957 e. The van der Waals surface area contributed by atoms with E-state index in [1.807, 2.05) is 11.3 Å². The van der Waals surface area contributed by atoms with Crippen LogP contribution in [0.1, 0.15) is 55.2 Å². The van der Waals surface area contributed by atoms with E-state index in [-0.39, 0.29) is 0 Å². The fourth-order valence-corrected chi connectivity index (χ4v) is 3.39. The molecule has 0 saturated carbocycles. The summed E-state index contributed by atoms with van der Waals surface area (Å²) < 4.78 is 0. The molecular weight excluding hydrogens is 204 g/mol. The number of nitrogens with zero attached hydrogens (tertiary/aromatic N) is 1. The van der Waals surface area contributed by atoms with E-state index in [4.69, 9.17) is 4.98 Å². The van der Waals surface area contributed by atoms with E-state index in [1.54, 1.807) is 0 Å². The lowest BCUT2D eigenvalue weighted by Crippen LogP contribution is -2.32. The maximum atomic E-state index is 4.76. The number of nitrogens with one attached hydrogen (secondary N) is 1. The normalized spacial score (nSPS) is 21.1. The minimum absolute atomic E-state index is 0.527. The molecule has 1 aromatic heterocycles. The molecule has 2 heterocycles. The van der Waals surface area contributed by atoms with E-state index in [2.05, 4.69) is 33.0 Å². The topological polar surface area (TPSA) is 24.9 Å². The zero-order valence-corrected chi connectivity index (χ0v) is 10.8. The molecule has 0 spiro atoms. The minimum Gasteiger partial charge on any atom is -0.309 e. The van der Waals surface area contributed by atoms with E-state index in [0.717, 1.165) is 13.0 Å². The Morgan fingerprint density at radius 2 is 2.07 bits per heavy atom. The van der Waals surface area contributed by atoms with Crippen molar-refractivity contribution in [2.24, 2.45) is 5.92 Å². The Morgan fingerprint density at radius 1 is 1.33 bits per heavy atom. The maximum absolute atomic E-state index is 4.76. The number of aromatic nitrogens is 1. The van der Waals surface area contributed by atoms with Gasteiger partial charge in [-0.05, 0) is 5.92 Å². The Morgan fingerprint density at radius 3 is 2.67 bits per heavy atom. The molecule has 1 aliphatic heterocycles. The van der Waals surface area contributed by atoms with Crippen LogP contribution in [0.25, 0.3) is 0 Å². The molecule has 2 nitrogen and oxygen atoms in total. The lowest BCUT2D eigenvalue weighted by Gasteiger charge is -2.26. The van der Waals surface area contributed by atoms with Crippen LogP contribution in [0.5, 0.6) is 0 Å². The van der Waals surface area contributed by atoms with Crippen LogP contribution in [0.4, 0.5) is 0 Å². The van der Waals surface area contributed by atoms with Gasteiger partial charge in [0.15, 0.2) is 0 Å². The Labute approximate surface area is 96.1 Å². The molecule has 0 unspecified atom stereocenters. The second-order valence-corrected chi connectivity index (χ2v) is 6.01. The Balaban J connectivity index is 2.34. The molecule has 0 aromatic carbocycles. The largest absolute Gasteiger partial charge is 0.309 e. The first kappa shape index (κ1) is 11.1. The van der Waals surface area contributed by atoms with Gasteiger partial charge in [0.1, 0.15) is 0 Å². The third-order valence-corrected chi connectivity index (χ3v) is 4.39. The highest BCUT2D eigenvalue weighted by molar-refractivity contribution is 7.12. The second kappa shape index (κ2) is 4.22. The van der Waals surface area contributed by atoms with Crippen molar-refractivity contribution in [1.29, 1.82) is 0 Å². The van der Waals surface area contributed by atoms with Crippen molar-refractivity contribution < 1.29 is 0 Å². The van der Waals surface area contributed by atoms with Gasteiger partial charge < -0.3 is 5.32 Å². The van der Waals surface area contributed by atoms with Crippen LogP contribution in [0, 0.1) is 5.92 Å². The molecule has 0 aliphatic carbocycles. The molecule has 84 valence electrons. The summed E-state index contributed by atoms with van der Waals surface area (Å²) in [7, 11) is 0. The molecular formula is C12H20N2S. The van der Waals surface area contributed by atoms with Crippen LogP contribution in [-0.2, 0) is 6.42 Å². The molecule has 0 amide bonds. The smallest absolute Gasteiger partial charge is 0.0957 e. The molecule has 2 rings (SSSR count). The van der Waals surface area contributed by atoms with E-state index >= 15 is 0 Å². The minimum atomic E-state index is 0.527. The van der Waals surface area contributed by atoms with Crippen molar-refractivity contribution in [1.82, 2.24) is 10.3 Å². The number of hydrogen-bond donors (Lipinski definition) is 1. The fourth-order valence-electron chi connectivity index (χ4n) is 2.03. The van der Waals surface area contributed by atoms with Crippen LogP contribution in [-0.4, -0.2) is 11.5 Å². The highest BCUT2D eigenvalue weighted by Crippen LogP contribution is 2.35.